The van der Waals surface area contributed by atoms with Crippen molar-refractivity contribution in [3.8, 4) is 0 Å². The first-order valence-electron chi connectivity index (χ1n) is 8.31. The van der Waals surface area contributed by atoms with E-state index < -0.39 is 6.09 Å². The SMILES string of the molecule is CCN1c2c(Cl)ccc3c2[C@H](CN(C(=O)O)CC3)C1C(C)(C)C. The van der Waals surface area contributed by atoms with Crippen LogP contribution in [0.5, 0.6) is 0 Å². The van der Waals surface area contributed by atoms with E-state index in [0.29, 0.717) is 13.1 Å². The second-order valence-corrected chi connectivity index (χ2v) is 8.06. The van der Waals surface area contributed by atoms with Crippen molar-refractivity contribution >= 4 is 23.4 Å². The molecule has 2 aliphatic rings. The summed E-state index contributed by atoms with van der Waals surface area (Å²) in [5.74, 6) is 0.178. The van der Waals surface area contributed by atoms with Crippen molar-refractivity contribution in [3.05, 3.63) is 28.3 Å². The fourth-order valence-corrected chi connectivity index (χ4v) is 4.71. The lowest BCUT2D eigenvalue weighted by Crippen LogP contribution is -2.47. The van der Waals surface area contributed by atoms with E-state index in [-0.39, 0.29) is 17.4 Å². The van der Waals surface area contributed by atoms with Crippen LogP contribution in [0.2, 0.25) is 5.02 Å². The molecule has 23 heavy (non-hydrogen) atoms. The van der Waals surface area contributed by atoms with Gasteiger partial charge in [0, 0.05) is 31.6 Å². The van der Waals surface area contributed by atoms with Gasteiger partial charge in [0.15, 0.2) is 0 Å². The third kappa shape index (κ3) is 2.57. The highest BCUT2D eigenvalue weighted by molar-refractivity contribution is 6.33. The number of hydrogen-bond donors (Lipinski definition) is 1. The molecule has 2 atom stereocenters. The van der Waals surface area contributed by atoms with Gasteiger partial charge in [-0.1, -0.05) is 38.4 Å². The van der Waals surface area contributed by atoms with Crippen molar-refractivity contribution in [1.29, 1.82) is 0 Å². The second-order valence-electron chi connectivity index (χ2n) is 7.65. The Bertz CT molecular complexity index is 639. The Labute approximate surface area is 143 Å². The van der Waals surface area contributed by atoms with Crippen molar-refractivity contribution in [1.82, 2.24) is 4.90 Å². The number of rotatable bonds is 1. The van der Waals surface area contributed by atoms with Crippen molar-refractivity contribution in [3.63, 3.8) is 0 Å². The zero-order valence-electron chi connectivity index (χ0n) is 14.3. The molecule has 2 heterocycles. The van der Waals surface area contributed by atoms with E-state index in [2.05, 4.69) is 38.7 Å². The van der Waals surface area contributed by atoms with E-state index in [4.69, 9.17) is 11.6 Å². The van der Waals surface area contributed by atoms with Gasteiger partial charge in [0.2, 0.25) is 0 Å². The Morgan fingerprint density at radius 1 is 1.39 bits per heavy atom. The van der Waals surface area contributed by atoms with Crippen LogP contribution in [0.25, 0.3) is 0 Å². The number of amides is 1. The molecule has 0 saturated heterocycles. The van der Waals surface area contributed by atoms with Gasteiger partial charge in [-0.25, -0.2) is 4.79 Å². The van der Waals surface area contributed by atoms with E-state index in [1.54, 1.807) is 4.90 Å². The van der Waals surface area contributed by atoms with Gasteiger partial charge >= 0.3 is 6.09 Å². The van der Waals surface area contributed by atoms with Crippen molar-refractivity contribution in [2.45, 2.75) is 46.1 Å². The predicted octanol–water partition coefficient (Wildman–Crippen LogP) is 4.21. The summed E-state index contributed by atoms with van der Waals surface area (Å²) in [5, 5.41) is 10.3. The number of benzene rings is 1. The van der Waals surface area contributed by atoms with Crippen LogP contribution in [0.1, 0.15) is 44.7 Å². The number of carboxylic acid groups (broad SMARTS) is 1. The first kappa shape index (κ1) is 16.4. The molecule has 4 nitrogen and oxygen atoms in total. The average Bonchev–Trinajstić information content (AvgIpc) is 2.68. The second kappa shape index (κ2) is 5.59. The topological polar surface area (TPSA) is 43.8 Å². The molecule has 0 aromatic heterocycles. The number of hydrogen-bond acceptors (Lipinski definition) is 2. The summed E-state index contributed by atoms with van der Waals surface area (Å²) < 4.78 is 0. The summed E-state index contributed by atoms with van der Waals surface area (Å²) >= 11 is 6.56. The van der Waals surface area contributed by atoms with Gasteiger partial charge in [-0.15, -0.1) is 0 Å². The Morgan fingerprint density at radius 3 is 2.65 bits per heavy atom. The minimum atomic E-state index is -0.826. The normalized spacial score (nSPS) is 23.7. The number of nitrogens with zero attached hydrogens (tertiary/aromatic N) is 2. The quantitative estimate of drug-likeness (QED) is 0.835. The lowest BCUT2D eigenvalue weighted by molar-refractivity contribution is 0.138. The number of likely N-dealkylation sites (N-methyl/N-ethyl adjacent to an activating group) is 1. The lowest BCUT2D eigenvalue weighted by Gasteiger charge is -2.40. The molecule has 0 fully saturated rings. The smallest absolute Gasteiger partial charge is 0.407 e. The molecule has 1 unspecified atom stereocenters. The minimum Gasteiger partial charge on any atom is -0.465 e. The molecule has 0 radical (unpaired) electrons. The molecule has 5 heteroatoms. The molecule has 0 spiro atoms. The van der Waals surface area contributed by atoms with Gasteiger partial charge < -0.3 is 14.9 Å². The minimum absolute atomic E-state index is 0.0365. The first-order valence-corrected chi connectivity index (χ1v) is 8.69. The fourth-order valence-electron chi connectivity index (χ4n) is 4.44. The van der Waals surface area contributed by atoms with Crippen molar-refractivity contribution in [2.24, 2.45) is 5.41 Å². The molecule has 0 bridgehead atoms. The van der Waals surface area contributed by atoms with Crippen molar-refractivity contribution < 1.29 is 9.90 Å². The number of halogens is 1. The molecular weight excluding hydrogens is 312 g/mol. The Hall–Kier alpha value is -1.42. The summed E-state index contributed by atoms with van der Waals surface area (Å²) in [5.41, 5.74) is 3.70. The number of carbonyl (C=O) groups is 1. The van der Waals surface area contributed by atoms with Crippen LogP contribution in [0.15, 0.2) is 12.1 Å². The highest BCUT2D eigenvalue weighted by atomic mass is 35.5. The van der Waals surface area contributed by atoms with Crippen LogP contribution in [0.4, 0.5) is 10.5 Å². The van der Waals surface area contributed by atoms with Crippen LogP contribution >= 0.6 is 11.6 Å². The molecule has 1 aromatic carbocycles. The molecule has 0 saturated carbocycles. The molecule has 1 N–H and O–H groups in total. The predicted molar refractivity (Wildman–Crippen MR) is 93.8 cm³/mol. The lowest BCUT2D eigenvalue weighted by atomic mass is 9.77. The van der Waals surface area contributed by atoms with Gasteiger partial charge in [-0.05, 0) is 36.0 Å². The van der Waals surface area contributed by atoms with Crippen LogP contribution in [-0.4, -0.2) is 41.8 Å². The average molecular weight is 337 g/mol. The third-order valence-electron chi connectivity index (χ3n) is 5.20. The molecule has 1 aromatic rings. The van der Waals surface area contributed by atoms with E-state index in [1.807, 2.05) is 6.07 Å². The summed E-state index contributed by atoms with van der Waals surface area (Å²) in [6, 6.07) is 4.30. The van der Waals surface area contributed by atoms with E-state index in [0.717, 1.165) is 23.7 Å². The van der Waals surface area contributed by atoms with E-state index in [1.165, 1.54) is 11.1 Å². The highest BCUT2D eigenvalue weighted by Crippen LogP contribution is 2.52. The fraction of sp³-hybridized carbons (Fsp3) is 0.611. The monoisotopic (exact) mass is 336 g/mol. The van der Waals surface area contributed by atoms with Gasteiger partial charge in [0.05, 0.1) is 10.7 Å². The van der Waals surface area contributed by atoms with Gasteiger partial charge in [0.1, 0.15) is 0 Å². The first-order chi connectivity index (χ1) is 10.8. The van der Waals surface area contributed by atoms with Crippen LogP contribution < -0.4 is 4.90 Å². The zero-order valence-corrected chi connectivity index (χ0v) is 15.0. The summed E-state index contributed by atoms with van der Waals surface area (Å²) in [4.78, 5) is 15.6. The standard InChI is InChI=1S/C18H25ClN2O2/c1-5-21-15-13(19)7-6-11-8-9-20(17(22)23)10-12(14(11)15)16(21)18(2,3)4/h6-7,12,16H,5,8-10H2,1-4H3,(H,22,23)/t12-,16?/m0/s1. The summed E-state index contributed by atoms with van der Waals surface area (Å²) in [6.45, 7) is 10.8. The largest absolute Gasteiger partial charge is 0.465 e. The Balaban J connectivity index is 2.19. The van der Waals surface area contributed by atoms with E-state index in [9.17, 15) is 9.90 Å². The van der Waals surface area contributed by atoms with Crippen LogP contribution in [-0.2, 0) is 6.42 Å². The molecule has 0 aliphatic carbocycles. The maximum absolute atomic E-state index is 11.6. The highest BCUT2D eigenvalue weighted by Gasteiger charge is 2.47. The summed E-state index contributed by atoms with van der Waals surface area (Å²) in [7, 11) is 0. The Kier molecular flexibility index (Phi) is 3.99. The zero-order chi connectivity index (χ0) is 16.9. The van der Waals surface area contributed by atoms with Gasteiger partial charge in [0.25, 0.3) is 0 Å². The molecular formula is C18H25ClN2O2. The molecule has 2 aliphatic heterocycles. The third-order valence-corrected chi connectivity index (χ3v) is 5.50. The van der Waals surface area contributed by atoms with Crippen LogP contribution in [0, 0.1) is 5.41 Å². The van der Waals surface area contributed by atoms with Crippen LogP contribution in [0.3, 0.4) is 0 Å². The summed E-state index contributed by atoms with van der Waals surface area (Å²) in [6.07, 6.45) is -0.0652. The van der Waals surface area contributed by atoms with E-state index >= 15 is 0 Å². The van der Waals surface area contributed by atoms with Gasteiger partial charge in [-0.2, -0.15) is 0 Å². The Morgan fingerprint density at radius 2 is 2.09 bits per heavy atom. The molecule has 126 valence electrons. The van der Waals surface area contributed by atoms with Crippen molar-refractivity contribution in [2.75, 3.05) is 24.5 Å². The number of anilines is 1. The molecule has 3 rings (SSSR count). The van der Waals surface area contributed by atoms with Gasteiger partial charge in [-0.3, -0.25) is 0 Å². The maximum Gasteiger partial charge on any atom is 0.407 e. The maximum atomic E-state index is 11.6. The molecule has 1 amide bonds.